The van der Waals surface area contributed by atoms with Gasteiger partial charge in [0, 0.05) is 28.9 Å². The highest BCUT2D eigenvalue weighted by Crippen LogP contribution is 2.38. The molecule has 0 spiro atoms. The first kappa shape index (κ1) is 24.0. The van der Waals surface area contributed by atoms with Crippen LogP contribution in [-0.4, -0.2) is 58.4 Å². The molecule has 190 valence electrons. The van der Waals surface area contributed by atoms with Gasteiger partial charge in [-0.15, -0.1) is 11.3 Å². The molecule has 3 heterocycles. The monoisotopic (exact) mass is 535 g/mol. The molecular weight excluding hydrogens is 510 g/mol. The lowest BCUT2D eigenvalue weighted by Crippen LogP contribution is -2.58. The van der Waals surface area contributed by atoms with Crippen LogP contribution in [0.15, 0.2) is 70.1 Å². The molecule has 2 aromatic carbocycles. The molecule has 1 saturated carbocycles. The standard InChI is InChI=1S/C27H26ClN5O3S/c1-26-23(7-12-33(26)13-11-29-25(34)27(35)9-10-27)30-16-31-24(26)32-17-5-6-21(19(28)15-17)36-20-3-2-4-22-18(20)8-14-37-22/h2-8,12,14-16,23,35H,9-11,13H2,1H3,(H,29,34)(H,30,31,32). The number of thiophene rings is 1. The number of ether oxygens (including phenoxy) is 1. The topological polar surface area (TPSA) is 98.5 Å². The summed E-state index contributed by atoms with van der Waals surface area (Å²) in [6.07, 6.45) is 6.62. The maximum Gasteiger partial charge on any atom is 0.252 e. The smallest absolute Gasteiger partial charge is 0.252 e. The Kier molecular flexibility index (Phi) is 5.94. The molecule has 0 saturated heterocycles. The van der Waals surface area contributed by atoms with Crippen LogP contribution in [0.2, 0.25) is 5.02 Å². The van der Waals surface area contributed by atoms with Gasteiger partial charge in [0.1, 0.15) is 40.9 Å². The summed E-state index contributed by atoms with van der Waals surface area (Å²) in [4.78, 5) is 23.3. The summed E-state index contributed by atoms with van der Waals surface area (Å²) in [6.45, 7) is 3.01. The van der Waals surface area contributed by atoms with Crippen molar-refractivity contribution in [2.24, 2.45) is 9.98 Å². The molecule has 6 rings (SSSR count). The summed E-state index contributed by atoms with van der Waals surface area (Å²) in [5.74, 6) is 1.74. The molecule has 2 aliphatic heterocycles. The van der Waals surface area contributed by atoms with Crippen LogP contribution in [0, 0.1) is 0 Å². The number of nitrogens with zero attached hydrogens (tertiary/aromatic N) is 3. The summed E-state index contributed by atoms with van der Waals surface area (Å²) in [7, 11) is 0. The molecule has 2 unspecified atom stereocenters. The number of rotatable bonds is 7. The van der Waals surface area contributed by atoms with Crippen LogP contribution < -0.4 is 15.4 Å². The van der Waals surface area contributed by atoms with Crippen LogP contribution in [0.25, 0.3) is 10.1 Å². The third-order valence-electron chi connectivity index (χ3n) is 7.17. The largest absolute Gasteiger partial charge is 0.455 e. The van der Waals surface area contributed by atoms with Crippen molar-refractivity contribution in [1.82, 2.24) is 10.2 Å². The fourth-order valence-electron chi connectivity index (χ4n) is 4.70. The van der Waals surface area contributed by atoms with Gasteiger partial charge < -0.3 is 25.4 Å². The van der Waals surface area contributed by atoms with E-state index in [4.69, 9.17) is 16.3 Å². The molecule has 3 aromatic rings. The van der Waals surface area contributed by atoms with Gasteiger partial charge >= 0.3 is 0 Å². The van der Waals surface area contributed by atoms with Crippen LogP contribution in [0.5, 0.6) is 11.5 Å². The SMILES string of the molecule is CC12C(Nc3ccc(Oc4cccc5sccc45)c(Cl)c3)=NC=NC1C=CN2CCNC(=O)C1(O)CC1. The fourth-order valence-corrected chi connectivity index (χ4v) is 5.72. The maximum absolute atomic E-state index is 12.1. The van der Waals surface area contributed by atoms with Crippen LogP contribution in [-0.2, 0) is 4.79 Å². The van der Waals surface area contributed by atoms with Crippen LogP contribution in [0.4, 0.5) is 5.69 Å². The predicted octanol–water partition coefficient (Wildman–Crippen LogP) is 4.80. The molecule has 8 nitrogen and oxygen atoms in total. The number of aliphatic imine (C=N–C) groups is 2. The second kappa shape index (κ2) is 9.16. The van der Waals surface area contributed by atoms with Crippen LogP contribution in [0.1, 0.15) is 19.8 Å². The van der Waals surface area contributed by atoms with Gasteiger partial charge in [0.15, 0.2) is 0 Å². The van der Waals surface area contributed by atoms with Gasteiger partial charge in [-0.25, -0.2) is 4.99 Å². The second-order valence-electron chi connectivity index (χ2n) is 9.62. The predicted molar refractivity (Wildman–Crippen MR) is 148 cm³/mol. The highest BCUT2D eigenvalue weighted by atomic mass is 35.5. The Hall–Kier alpha value is -3.40. The quantitative estimate of drug-likeness (QED) is 0.404. The van der Waals surface area contributed by atoms with E-state index in [1.165, 1.54) is 0 Å². The number of aliphatic hydroxyl groups is 1. The van der Waals surface area contributed by atoms with Crippen molar-refractivity contribution in [3.63, 3.8) is 0 Å². The lowest BCUT2D eigenvalue weighted by atomic mass is 9.90. The molecule has 2 atom stereocenters. The van der Waals surface area contributed by atoms with Gasteiger partial charge in [-0.05, 0) is 73.8 Å². The summed E-state index contributed by atoms with van der Waals surface area (Å²) in [6, 6.07) is 13.5. The minimum absolute atomic E-state index is 0.125. The van der Waals surface area contributed by atoms with E-state index in [2.05, 4.69) is 38.5 Å². The number of nitrogens with one attached hydrogen (secondary N) is 2. The van der Waals surface area contributed by atoms with E-state index in [1.54, 1.807) is 17.7 Å². The molecule has 1 aromatic heterocycles. The Bertz CT molecular complexity index is 1460. The average molecular weight is 536 g/mol. The minimum Gasteiger partial charge on any atom is -0.455 e. The molecule has 0 radical (unpaired) electrons. The van der Waals surface area contributed by atoms with Crippen molar-refractivity contribution < 1.29 is 14.6 Å². The molecule has 3 aliphatic rings. The van der Waals surface area contributed by atoms with Crippen molar-refractivity contribution in [3.05, 3.63) is 65.1 Å². The van der Waals surface area contributed by atoms with Crippen LogP contribution in [0.3, 0.4) is 0 Å². The Balaban J connectivity index is 1.16. The number of amidine groups is 1. The normalized spacial score (nSPS) is 23.1. The first-order valence-corrected chi connectivity index (χ1v) is 13.4. The van der Waals surface area contributed by atoms with E-state index in [-0.39, 0.29) is 11.9 Å². The maximum atomic E-state index is 12.1. The number of fused-ring (bicyclic) bond motifs is 2. The Morgan fingerprint density at radius 1 is 1.27 bits per heavy atom. The third kappa shape index (κ3) is 4.37. The minimum atomic E-state index is -1.18. The number of carbonyl (C=O) groups is 1. The highest BCUT2D eigenvalue weighted by molar-refractivity contribution is 7.17. The van der Waals surface area contributed by atoms with Gasteiger partial charge in [-0.3, -0.25) is 9.79 Å². The van der Waals surface area contributed by atoms with E-state index >= 15 is 0 Å². The van der Waals surface area contributed by atoms with Crippen molar-refractivity contribution in [3.8, 4) is 11.5 Å². The Morgan fingerprint density at radius 2 is 2.14 bits per heavy atom. The number of hydrogen-bond donors (Lipinski definition) is 3. The van der Waals surface area contributed by atoms with Crippen molar-refractivity contribution in [2.45, 2.75) is 36.9 Å². The van der Waals surface area contributed by atoms with E-state index in [0.717, 1.165) is 27.4 Å². The summed E-state index contributed by atoms with van der Waals surface area (Å²) in [5, 5.41) is 19.8. The van der Waals surface area contributed by atoms with Crippen molar-refractivity contribution >= 4 is 56.8 Å². The summed E-state index contributed by atoms with van der Waals surface area (Å²) in [5.41, 5.74) is -0.968. The first-order chi connectivity index (χ1) is 17.9. The lowest BCUT2D eigenvalue weighted by Gasteiger charge is -2.41. The van der Waals surface area contributed by atoms with E-state index in [9.17, 15) is 9.90 Å². The molecule has 37 heavy (non-hydrogen) atoms. The molecule has 3 N–H and O–H groups in total. The molecule has 1 fully saturated rings. The number of amides is 1. The number of anilines is 1. The fraction of sp³-hybridized carbons (Fsp3) is 0.296. The molecule has 10 heteroatoms. The second-order valence-corrected chi connectivity index (χ2v) is 11.0. The van der Waals surface area contributed by atoms with Gasteiger partial charge in [0.2, 0.25) is 0 Å². The van der Waals surface area contributed by atoms with Gasteiger partial charge in [0.25, 0.3) is 5.91 Å². The zero-order valence-electron chi connectivity index (χ0n) is 20.1. The lowest BCUT2D eigenvalue weighted by molar-refractivity contribution is -0.131. The molecule has 0 bridgehead atoms. The molecule has 1 aliphatic carbocycles. The van der Waals surface area contributed by atoms with E-state index in [0.29, 0.717) is 36.7 Å². The van der Waals surface area contributed by atoms with Crippen molar-refractivity contribution in [2.75, 3.05) is 18.4 Å². The number of carbonyl (C=O) groups excluding carboxylic acids is 1. The first-order valence-electron chi connectivity index (χ1n) is 12.1. The van der Waals surface area contributed by atoms with Gasteiger partial charge in [-0.2, -0.15) is 0 Å². The van der Waals surface area contributed by atoms with E-state index < -0.39 is 11.1 Å². The Labute approximate surface area is 223 Å². The summed E-state index contributed by atoms with van der Waals surface area (Å²) >= 11 is 8.29. The molecule has 1 amide bonds. The number of benzene rings is 2. The van der Waals surface area contributed by atoms with Crippen LogP contribution >= 0.6 is 22.9 Å². The number of halogens is 1. The van der Waals surface area contributed by atoms with Crippen molar-refractivity contribution in [1.29, 1.82) is 0 Å². The number of hydrogen-bond acceptors (Lipinski definition) is 8. The van der Waals surface area contributed by atoms with Gasteiger partial charge in [0.05, 0.1) is 5.02 Å². The average Bonchev–Trinajstić information content (AvgIpc) is 3.30. The third-order valence-corrected chi connectivity index (χ3v) is 8.35. The molecular formula is C27H26ClN5O3S. The Morgan fingerprint density at radius 3 is 2.95 bits per heavy atom. The zero-order chi connectivity index (χ0) is 25.6. The zero-order valence-corrected chi connectivity index (χ0v) is 21.7. The highest BCUT2D eigenvalue weighted by Gasteiger charge is 2.49. The van der Waals surface area contributed by atoms with Gasteiger partial charge in [-0.1, -0.05) is 17.7 Å². The summed E-state index contributed by atoms with van der Waals surface area (Å²) < 4.78 is 7.31. The van der Waals surface area contributed by atoms with E-state index in [1.807, 2.05) is 54.1 Å².